The van der Waals surface area contributed by atoms with Gasteiger partial charge in [-0.05, 0) is 67.3 Å². The van der Waals surface area contributed by atoms with Gasteiger partial charge in [-0.1, -0.05) is 12.1 Å². The van der Waals surface area contributed by atoms with Gasteiger partial charge in [-0.2, -0.15) is 0 Å². The number of benzene rings is 2. The number of hydroxylamine groups is 2. The highest BCUT2D eigenvalue weighted by atomic mass is 19.1. The van der Waals surface area contributed by atoms with E-state index in [4.69, 9.17) is 9.94 Å². The van der Waals surface area contributed by atoms with E-state index in [-0.39, 0.29) is 24.0 Å². The molecular weight excluding hydrogens is 407 g/mol. The van der Waals surface area contributed by atoms with E-state index < -0.39 is 23.5 Å². The summed E-state index contributed by atoms with van der Waals surface area (Å²) in [6.07, 6.45) is 4.31. The van der Waals surface area contributed by atoms with Crippen molar-refractivity contribution in [2.75, 3.05) is 6.61 Å². The van der Waals surface area contributed by atoms with Crippen LogP contribution in [0.15, 0.2) is 36.4 Å². The highest BCUT2D eigenvalue weighted by Gasteiger charge is 2.37. The van der Waals surface area contributed by atoms with Crippen molar-refractivity contribution in [2.45, 2.75) is 51.2 Å². The maximum atomic E-state index is 13.9. The zero-order valence-electron chi connectivity index (χ0n) is 17.2. The molecule has 1 amide bonds. The maximum absolute atomic E-state index is 13.9. The second kappa shape index (κ2) is 9.40. The van der Waals surface area contributed by atoms with Gasteiger partial charge in [0.2, 0.25) is 5.91 Å². The molecule has 2 aromatic rings. The first-order valence-corrected chi connectivity index (χ1v) is 10.7. The lowest BCUT2D eigenvalue weighted by Crippen LogP contribution is -2.36. The second-order valence-electron chi connectivity index (χ2n) is 8.51. The van der Waals surface area contributed by atoms with Crippen LogP contribution in [0, 0.1) is 29.3 Å². The summed E-state index contributed by atoms with van der Waals surface area (Å²) in [4.78, 5) is 18.6. The van der Waals surface area contributed by atoms with Crippen LogP contribution in [-0.2, 0) is 22.7 Å². The van der Waals surface area contributed by atoms with E-state index in [0.29, 0.717) is 37.4 Å². The Morgan fingerprint density at radius 3 is 2.35 bits per heavy atom. The summed E-state index contributed by atoms with van der Waals surface area (Å²) in [5.41, 5.74) is 1.59. The minimum Gasteiger partial charge on any atom is -0.392 e. The summed E-state index contributed by atoms with van der Waals surface area (Å²) < 4.78 is 41.2. The number of nitrogens with zero attached hydrogens (tertiary/aromatic N) is 1. The van der Waals surface area contributed by atoms with E-state index in [9.17, 15) is 18.0 Å². The topological polar surface area (TPSA) is 49.8 Å². The fourth-order valence-electron chi connectivity index (χ4n) is 4.73. The molecule has 4 rings (SSSR count). The van der Waals surface area contributed by atoms with E-state index in [1.54, 1.807) is 6.07 Å². The van der Waals surface area contributed by atoms with Gasteiger partial charge in [-0.25, -0.2) is 18.2 Å². The van der Waals surface area contributed by atoms with Crippen LogP contribution in [0.4, 0.5) is 13.2 Å². The molecule has 1 aliphatic heterocycles. The average Bonchev–Trinajstić information content (AvgIpc) is 3.23. The van der Waals surface area contributed by atoms with Gasteiger partial charge in [-0.15, -0.1) is 0 Å². The largest absolute Gasteiger partial charge is 0.392 e. The van der Waals surface area contributed by atoms with Crippen molar-refractivity contribution in [1.82, 2.24) is 5.06 Å². The first kappa shape index (κ1) is 21.8. The predicted octanol–water partition coefficient (Wildman–Crippen LogP) is 4.85. The van der Waals surface area contributed by atoms with Crippen LogP contribution < -0.4 is 0 Å². The Bertz CT molecular complexity index is 923. The SMILES string of the molecule is O=C([C@H]1CC[C@H](Cc2ccc(CO)c(F)c2)CC1)N1OCC[C@H]1c1cc(F)cc(F)c1. The Morgan fingerprint density at radius 1 is 1.00 bits per heavy atom. The van der Waals surface area contributed by atoms with Gasteiger partial charge >= 0.3 is 0 Å². The number of hydrogen-bond acceptors (Lipinski definition) is 3. The Balaban J connectivity index is 1.36. The molecule has 31 heavy (non-hydrogen) atoms. The number of carbonyl (C=O) groups excluding carboxylic acids is 1. The Hall–Kier alpha value is -2.38. The van der Waals surface area contributed by atoms with Crippen molar-refractivity contribution in [2.24, 2.45) is 11.8 Å². The molecule has 0 spiro atoms. The van der Waals surface area contributed by atoms with E-state index in [2.05, 4.69) is 0 Å². The Morgan fingerprint density at radius 2 is 1.71 bits per heavy atom. The predicted molar refractivity (Wildman–Crippen MR) is 108 cm³/mol. The van der Waals surface area contributed by atoms with Crippen LogP contribution in [0.25, 0.3) is 0 Å². The molecule has 1 saturated heterocycles. The third kappa shape index (κ3) is 4.93. The van der Waals surface area contributed by atoms with Gasteiger partial charge in [0.1, 0.15) is 17.5 Å². The van der Waals surface area contributed by atoms with E-state index >= 15 is 0 Å². The lowest BCUT2D eigenvalue weighted by molar-refractivity contribution is -0.183. The van der Waals surface area contributed by atoms with Crippen molar-refractivity contribution in [3.05, 3.63) is 70.5 Å². The summed E-state index contributed by atoms with van der Waals surface area (Å²) in [5, 5.41) is 10.4. The molecule has 1 atom stereocenters. The van der Waals surface area contributed by atoms with Crippen LogP contribution in [0.5, 0.6) is 0 Å². The Kier molecular flexibility index (Phi) is 6.62. The van der Waals surface area contributed by atoms with E-state index in [1.807, 2.05) is 6.07 Å². The van der Waals surface area contributed by atoms with Gasteiger partial charge in [0.25, 0.3) is 0 Å². The highest BCUT2D eigenvalue weighted by molar-refractivity contribution is 5.78. The molecular formula is C24H26F3NO3. The standard InChI is InChI=1S/C24H26F3NO3/c25-20-11-19(12-21(26)13-20)23-7-8-31-28(23)24(30)17-4-1-15(2-5-17)9-16-3-6-18(14-29)22(27)10-16/h3,6,10-13,15,17,23,29H,1-2,4-5,7-9,14H2/t15-,17-,23-/m0/s1. The third-order valence-electron chi connectivity index (χ3n) is 6.40. The zero-order valence-corrected chi connectivity index (χ0v) is 17.2. The van der Waals surface area contributed by atoms with E-state index in [1.165, 1.54) is 23.3 Å². The molecule has 1 N–H and O–H groups in total. The number of rotatable bonds is 5. The number of halogens is 3. The first-order valence-electron chi connectivity index (χ1n) is 10.7. The number of amides is 1. The smallest absolute Gasteiger partial charge is 0.249 e. The van der Waals surface area contributed by atoms with Gasteiger partial charge in [0, 0.05) is 24.0 Å². The molecule has 1 aliphatic carbocycles. The zero-order chi connectivity index (χ0) is 22.0. The minimum atomic E-state index is -0.668. The summed E-state index contributed by atoms with van der Waals surface area (Å²) in [6, 6.07) is 7.76. The fourth-order valence-corrected chi connectivity index (χ4v) is 4.73. The molecule has 1 saturated carbocycles. The van der Waals surface area contributed by atoms with Crippen molar-refractivity contribution in [3.63, 3.8) is 0 Å². The van der Waals surface area contributed by atoms with Crippen LogP contribution >= 0.6 is 0 Å². The molecule has 0 aromatic heterocycles. The lowest BCUT2D eigenvalue weighted by atomic mass is 9.78. The average molecular weight is 433 g/mol. The summed E-state index contributed by atoms with van der Waals surface area (Å²) in [7, 11) is 0. The lowest BCUT2D eigenvalue weighted by Gasteiger charge is -2.32. The quantitative estimate of drug-likeness (QED) is 0.733. The number of carbonyl (C=O) groups is 1. The molecule has 0 radical (unpaired) electrons. The Labute approximate surface area is 179 Å². The van der Waals surface area contributed by atoms with Crippen LogP contribution in [0.2, 0.25) is 0 Å². The number of hydrogen-bond donors (Lipinski definition) is 1. The van der Waals surface area contributed by atoms with Gasteiger partial charge < -0.3 is 5.11 Å². The van der Waals surface area contributed by atoms with Crippen LogP contribution in [0.3, 0.4) is 0 Å². The monoisotopic (exact) mass is 433 g/mol. The number of aliphatic hydroxyl groups excluding tert-OH is 1. The summed E-state index contributed by atoms with van der Waals surface area (Å²) in [5.74, 6) is -1.70. The maximum Gasteiger partial charge on any atom is 0.249 e. The minimum absolute atomic E-state index is 0.135. The van der Waals surface area contributed by atoms with Crippen molar-refractivity contribution >= 4 is 5.91 Å². The molecule has 0 unspecified atom stereocenters. The molecule has 2 aliphatic rings. The molecule has 4 nitrogen and oxygen atoms in total. The normalized spacial score (nSPS) is 23.9. The van der Waals surface area contributed by atoms with Crippen molar-refractivity contribution < 1.29 is 27.9 Å². The molecule has 0 bridgehead atoms. The van der Waals surface area contributed by atoms with Gasteiger partial charge in [0.05, 0.1) is 19.3 Å². The molecule has 1 heterocycles. The van der Waals surface area contributed by atoms with Crippen molar-refractivity contribution in [1.29, 1.82) is 0 Å². The number of aliphatic hydroxyl groups is 1. The molecule has 7 heteroatoms. The van der Waals surface area contributed by atoms with Crippen LogP contribution in [0.1, 0.15) is 54.8 Å². The highest BCUT2D eigenvalue weighted by Crippen LogP contribution is 2.37. The van der Waals surface area contributed by atoms with E-state index in [0.717, 1.165) is 30.9 Å². The van der Waals surface area contributed by atoms with Crippen LogP contribution in [-0.4, -0.2) is 22.7 Å². The van der Waals surface area contributed by atoms with Gasteiger partial charge in [-0.3, -0.25) is 9.63 Å². The first-order chi connectivity index (χ1) is 14.9. The fraction of sp³-hybridized carbons (Fsp3) is 0.458. The summed E-state index contributed by atoms with van der Waals surface area (Å²) in [6.45, 7) is 0.0143. The molecule has 166 valence electrons. The second-order valence-corrected chi connectivity index (χ2v) is 8.51. The summed E-state index contributed by atoms with van der Waals surface area (Å²) >= 11 is 0. The van der Waals surface area contributed by atoms with Crippen molar-refractivity contribution in [3.8, 4) is 0 Å². The molecule has 2 aromatic carbocycles. The van der Waals surface area contributed by atoms with Gasteiger partial charge in [0.15, 0.2) is 0 Å². The third-order valence-corrected chi connectivity index (χ3v) is 6.40. The molecule has 2 fully saturated rings.